The number of amides is 1. The van der Waals surface area contributed by atoms with E-state index in [0.29, 0.717) is 6.54 Å². The van der Waals surface area contributed by atoms with Crippen LogP contribution in [0.5, 0.6) is 0 Å². The summed E-state index contributed by atoms with van der Waals surface area (Å²) in [5, 5.41) is 3.09. The van der Waals surface area contributed by atoms with Gasteiger partial charge in [0.15, 0.2) is 0 Å². The predicted molar refractivity (Wildman–Crippen MR) is 99.6 cm³/mol. The van der Waals surface area contributed by atoms with Gasteiger partial charge in [-0.05, 0) is 42.8 Å². The minimum atomic E-state index is -0.490. The number of hydrogen-bond acceptors (Lipinski definition) is 3. The molecule has 2 rings (SSSR count). The number of likely N-dealkylation sites (tertiary alicyclic amines) is 1. The van der Waals surface area contributed by atoms with Crippen LogP contribution in [0.2, 0.25) is 0 Å². The van der Waals surface area contributed by atoms with E-state index in [9.17, 15) is 4.79 Å². The van der Waals surface area contributed by atoms with Crippen LogP contribution in [0.3, 0.4) is 0 Å². The largest absolute Gasteiger partial charge is 0.353 e. The molecule has 0 radical (unpaired) electrons. The highest BCUT2D eigenvalue weighted by Gasteiger charge is 2.29. The highest BCUT2D eigenvalue weighted by atomic mass is 16.2. The summed E-state index contributed by atoms with van der Waals surface area (Å²) in [5.74, 6) is 0.732. The van der Waals surface area contributed by atoms with Crippen molar-refractivity contribution in [2.45, 2.75) is 52.6 Å². The van der Waals surface area contributed by atoms with Crippen LogP contribution in [0.25, 0.3) is 0 Å². The Morgan fingerprint density at radius 2 is 1.83 bits per heavy atom. The van der Waals surface area contributed by atoms with Gasteiger partial charge in [0.25, 0.3) is 0 Å². The molecule has 1 saturated heterocycles. The zero-order chi connectivity index (χ0) is 17.7. The molecule has 2 atom stereocenters. The lowest BCUT2D eigenvalue weighted by Gasteiger charge is -2.37. The Labute approximate surface area is 146 Å². The first-order valence-corrected chi connectivity index (χ1v) is 9.11. The van der Waals surface area contributed by atoms with Gasteiger partial charge in [-0.2, -0.15) is 0 Å². The standard InChI is InChI=1S/C20H33N3O/c1-15-10-12-23(13-11-15)17(16-8-6-5-7-9-16)14-22-19(24)18(21)20(2,3)4/h5-9,15,17-18H,10-14,21H2,1-4H3,(H,22,24)/t17?,18-/m1/s1. The first kappa shape index (κ1) is 18.9. The quantitative estimate of drug-likeness (QED) is 0.872. The molecule has 1 aliphatic rings. The lowest BCUT2D eigenvalue weighted by molar-refractivity contribution is -0.124. The van der Waals surface area contributed by atoms with Crippen molar-refractivity contribution in [2.75, 3.05) is 19.6 Å². The number of nitrogens with zero attached hydrogens (tertiary/aromatic N) is 1. The van der Waals surface area contributed by atoms with Crippen molar-refractivity contribution in [3.8, 4) is 0 Å². The Hall–Kier alpha value is -1.39. The number of benzene rings is 1. The molecule has 4 heteroatoms. The number of carbonyl (C=O) groups excluding carboxylic acids is 1. The van der Waals surface area contributed by atoms with Crippen molar-refractivity contribution in [2.24, 2.45) is 17.1 Å². The molecule has 0 saturated carbocycles. The third-order valence-electron chi connectivity index (χ3n) is 5.13. The molecular formula is C20H33N3O. The van der Waals surface area contributed by atoms with E-state index in [1.54, 1.807) is 0 Å². The summed E-state index contributed by atoms with van der Waals surface area (Å²) < 4.78 is 0. The van der Waals surface area contributed by atoms with E-state index < -0.39 is 6.04 Å². The molecule has 134 valence electrons. The van der Waals surface area contributed by atoms with Crippen LogP contribution in [0.4, 0.5) is 0 Å². The molecule has 1 amide bonds. The third-order valence-corrected chi connectivity index (χ3v) is 5.13. The molecule has 1 aromatic rings. The van der Waals surface area contributed by atoms with Crippen LogP contribution < -0.4 is 11.1 Å². The van der Waals surface area contributed by atoms with Crippen LogP contribution in [0.15, 0.2) is 30.3 Å². The van der Waals surface area contributed by atoms with Crippen LogP contribution in [-0.4, -0.2) is 36.5 Å². The molecule has 0 aliphatic carbocycles. The summed E-state index contributed by atoms with van der Waals surface area (Å²) >= 11 is 0. The Bertz CT molecular complexity index is 515. The molecule has 0 bridgehead atoms. The maximum absolute atomic E-state index is 12.4. The molecule has 0 aromatic heterocycles. The van der Waals surface area contributed by atoms with Crippen molar-refractivity contribution in [1.29, 1.82) is 0 Å². The monoisotopic (exact) mass is 331 g/mol. The maximum atomic E-state index is 12.4. The van der Waals surface area contributed by atoms with Crippen molar-refractivity contribution >= 4 is 5.91 Å². The van der Waals surface area contributed by atoms with Gasteiger partial charge >= 0.3 is 0 Å². The average molecular weight is 332 g/mol. The lowest BCUT2D eigenvalue weighted by Crippen LogP contribution is -2.50. The number of carbonyl (C=O) groups is 1. The number of nitrogens with one attached hydrogen (secondary N) is 1. The number of rotatable bonds is 5. The molecule has 1 heterocycles. The van der Waals surface area contributed by atoms with Gasteiger partial charge in [-0.15, -0.1) is 0 Å². The molecule has 1 fully saturated rings. The van der Waals surface area contributed by atoms with E-state index >= 15 is 0 Å². The van der Waals surface area contributed by atoms with Gasteiger partial charge in [0.05, 0.1) is 12.1 Å². The molecule has 1 unspecified atom stereocenters. The van der Waals surface area contributed by atoms with E-state index in [1.807, 2.05) is 26.8 Å². The van der Waals surface area contributed by atoms with E-state index in [0.717, 1.165) is 19.0 Å². The SMILES string of the molecule is CC1CCN(C(CNC(=O)[C@@H](N)C(C)(C)C)c2ccccc2)CC1. The number of piperidine rings is 1. The molecular weight excluding hydrogens is 298 g/mol. The molecule has 4 nitrogen and oxygen atoms in total. The van der Waals surface area contributed by atoms with Crippen molar-refractivity contribution in [1.82, 2.24) is 10.2 Å². The van der Waals surface area contributed by atoms with Crippen molar-refractivity contribution in [3.05, 3.63) is 35.9 Å². The van der Waals surface area contributed by atoms with Gasteiger partial charge in [-0.3, -0.25) is 9.69 Å². The molecule has 3 N–H and O–H groups in total. The third kappa shape index (κ3) is 5.05. The number of nitrogens with two attached hydrogens (primary N) is 1. The summed E-state index contributed by atoms with van der Waals surface area (Å²) in [5.41, 5.74) is 7.12. The Morgan fingerprint density at radius 3 is 2.38 bits per heavy atom. The van der Waals surface area contributed by atoms with Crippen LogP contribution in [0, 0.1) is 11.3 Å². The fraction of sp³-hybridized carbons (Fsp3) is 0.650. The first-order valence-electron chi connectivity index (χ1n) is 9.11. The Kier molecular flexibility index (Phi) is 6.41. The van der Waals surface area contributed by atoms with E-state index in [4.69, 9.17) is 5.73 Å². The van der Waals surface area contributed by atoms with Gasteiger partial charge in [0, 0.05) is 6.54 Å². The normalized spacial score (nSPS) is 19.7. The van der Waals surface area contributed by atoms with E-state index in [2.05, 4.69) is 41.4 Å². The second-order valence-corrected chi connectivity index (χ2v) is 8.23. The van der Waals surface area contributed by atoms with Crippen molar-refractivity contribution in [3.63, 3.8) is 0 Å². The smallest absolute Gasteiger partial charge is 0.237 e. The Balaban J connectivity index is 2.05. The minimum Gasteiger partial charge on any atom is -0.353 e. The van der Waals surface area contributed by atoms with Gasteiger partial charge in [-0.1, -0.05) is 58.0 Å². The minimum absolute atomic E-state index is 0.0613. The zero-order valence-electron chi connectivity index (χ0n) is 15.6. The maximum Gasteiger partial charge on any atom is 0.237 e. The van der Waals surface area contributed by atoms with E-state index in [1.165, 1.54) is 18.4 Å². The molecule has 1 aliphatic heterocycles. The Morgan fingerprint density at radius 1 is 1.25 bits per heavy atom. The zero-order valence-corrected chi connectivity index (χ0v) is 15.6. The first-order chi connectivity index (χ1) is 11.3. The van der Waals surface area contributed by atoms with E-state index in [-0.39, 0.29) is 17.4 Å². The average Bonchev–Trinajstić information content (AvgIpc) is 2.56. The summed E-state index contributed by atoms with van der Waals surface area (Å²) in [4.78, 5) is 14.9. The van der Waals surface area contributed by atoms with Crippen LogP contribution in [0.1, 0.15) is 52.1 Å². The second kappa shape index (κ2) is 8.13. The van der Waals surface area contributed by atoms with Gasteiger partial charge in [0.2, 0.25) is 5.91 Å². The molecule has 24 heavy (non-hydrogen) atoms. The fourth-order valence-electron chi connectivity index (χ4n) is 3.17. The van der Waals surface area contributed by atoms with Crippen LogP contribution >= 0.6 is 0 Å². The summed E-state index contributed by atoms with van der Waals surface area (Å²) in [7, 11) is 0. The van der Waals surface area contributed by atoms with Gasteiger partial charge < -0.3 is 11.1 Å². The van der Waals surface area contributed by atoms with Gasteiger partial charge in [0.1, 0.15) is 0 Å². The summed E-state index contributed by atoms with van der Waals surface area (Å²) in [6.07, 6.45) is 2.44. The highest BCUT2D eigenvalue weighted by Crippen LogP contribution is 2.26. The van der Waals surface area contributed by atoms with Crippen molar-refractivity contribution < 1.29 is 4.79 Å². The fourth-order valence-corrected chi connectivity index (χ4v) is 3.17. The molecule has 0 spiro atoms. The predicted octanol–water partition coefficient (Wildman–Crippen LogP) is 2.95. The second-order valence-electron chi connectivity index (χ2n) is 8.23. The summed E-state index contributed by atoms with van der Waals surface area (Å²) in [6, 6.07) is 10.2. The number of hydrogen-bond donors (Lipinski definition) is 2. The van der Waals surface area contributed by atoms with Gasteiger partial charge in [-0.25, -0.2) is 0 Å². The lowest BCUT2D eigenvalue weighted by atomic mass is 9.87. The molecule has 1 aromatic carbocycles. The topological polar surface area (TPSA) is 58.4 Å². The van der Waals surface area contributed by atoms with Crippen LogP contribution in [-0.2, 0) is 4.79 Å². The highest BCUT2D eigenvalue weighted by molar-refractivity contribution is 5.82. The summed E-state index contributed by atoms with van der Waals surface area (Å²) in [6.45, 7) is 11.1.